The zero-order valence-electron chi connectivity index (χ0n) is 21.9. The van der Waals surface area contributed by atoms with Gasteiger partial charge in [0.25, 0.3) is 0 Å². The van der Waals surface area contributed by atoms with Crippen molar-refractivity contribution in [2.45, 2.75) is 109 Å². The number of hydrogen-bond acceptors (Lipinski definition) is 3. The largest absolute Gasteiger partial charge is 0.393 e. The Kier molecular flexibility index (Phi) is 4.93. The van der Waals surface area contributed by atoms with Crippen molar-refractivity contribution in [3.63, 3.8) is 0 Å². The maximum absolute atomic E-state index is 10.4. The number of aliphatic hydroxyl groups is 1. The minimum atomic E-state index is -0.110. The monoisotopic (exact) mass is 487 g/mol. The van der Waals surface area contributed by atoms with E-state index in [0.717, 1.165) is 43.0 Å². The summed E-state index contributed by atoms with van der Waals surface area (Å²) in [7, 11) is 0. The fraction of sp³-hybridized carbons (Fsp3) is 0.933. The molecule has 7 rings (SSSR count). The summed E-state index contributed by atoms with van der Waals surface area (Å²) >= 11 is 6.28. The van der Waals surface area contributed by atoms with E-state index < -0.39 is 0 Å². The molecule has 1 N–H and O–H groups in total. The fourth-order valence-corrected chi connectivity index (χ4v) is 12.0. The summed E-state index contributed by atoms with van der Waals surface area (Å²) in [5.41, 5.74) is 2.81. The zero-order chi connectivity index (χ0) is 23.7. The molecule has 7 aliphatic rings. The van der Waals surface area contributed by atoms with Crippen LogP contribution in [0.3, 0.4) is 0 Å². The number of hydrogen-bond donors (Lipinski definition) is 1. The number of piperidine rings is 1. The van der Waals surface area contributed by atoms with Gasteiger partial charge in [0.15, 0.2) is 0 Å². The summed E-state index contributed by atoms with van der Waals surface area (Å²) in [6.45, 7) is 12.4. The molecule has 2 saturated heterocycles. The van der Waals surface area contributed by atoms with Gasteiger partial charge < -0.3 is 9.84 Å². The summed E-state index contributed by atoms with van der Waals surface area (Å²) in [4.78, 5) is 2.70. The first-order chi connectivity index (χ1) is 16.2. The Balaban J connectivity index is 1.21. The van der Waals surface area contributed by atoms with Crippen molar-refractivity contribution in [1.82, 2.24) is 4.90 Å². The highest BCUT2D eigenvalue weighted by Crippen LogP contribution is 2.87. The van der Waals surface area contributed by atoms with E-state index in [4.69, 9.17) is 16.3 Å². The number of ether oxygens (including phenoxy) is 1. The summed E-state index contributed by atoms with van der Waals surface area (Å²) in [6, 6.07) is 0.551. The lowest BCUT2D eigenvalue weighted by molar-refractivity contribution is -0.148. The molecule has 0 aromatic rings. The molecule has 0 bridgehead atoms. The van der Waals surface area contributed by atoms with Gasteiger partial charge >= 0.3 is 0 Å². The molecule has 12 atom stereocenters. The highest BCUT2D eigenvalue weighted by atomic mass is 35.5. The van der Waals surface area contributed by atoms with Crippen LogP contribution in [0.1, 0.15) is 85.5 Å². The molecule has 0 aromatic heterocycles. The lowest BCUT2D eigenvalue weighted by atomic mass is 9.56. The van der Waals surface area contributed by atoms with E-state index in [-0.39, 0.29) is 11.7 Å². The Hall–Kier alpha value is -0.0900. The predicted octanol–water partition coefficient (Wildman–Crippen LogP) is 6.03. The van der Waals surface area contributed by atoms with E-state index in [0.29, 0.717) is 40.2 Å². The molecule has 34 heavy (non-hydrogen) atoms. The third-order valence-electron chi connectivity index (χ3n) is 13.3. The standard InChI is InChI=1S/C30H46ClNO2/c1-18-13-25-26(32(16-18)12-11-31)19(2)30(34-25)10-8-23-22-6-5-20-14-21(33)7-9-27(20,3)24(22)15-29(23)17-28(29,30)4/h5,18-19,21-26,33H,6-17H2,1-4H3/t18-,19+,21-,22-,23?,24?,25?,26-,27-,28?,29?,30+/m0/s1. The Morgan fingerprint density at radius 2 is 2.00 bits per heavy atom. The number of halogens is 1. The van der Waals surface area contributed by atoms with E-state index in [1.165, 1.54) is 51.5 Å². The van der Waals surface area contributed by atoms with Crippen LogP contribution >= 0.6 is 11.6 Å². The molecule has 2 spiro atoms. The topological polar surface area (TPSA) is 32.7 Å². The maximum Gasteiger partial charge on any atom is 0.0787 e. The number of fused-ring (bicyclic) bond motifs is 6. The van der Waals surface area contributed by atoms with Gasteiger partial charge in [0.05, 0.1) is 17.8 Å². The summed E-state index contributed by atoms with van der Waals surface area (Å²) < 4.78 is 7.38. The number of alkyl halides is 1. The Labute approximate surface area is 212 Å². The average Bonchev–Trinajstić information content (AvgIpc) is 3.13. The van der Waals surface area contributed by atoms with Crippen LogP contribution in [0.4, 0.5) is 0 Å². The van der Waals surface area contributed by atoms with Crippen molar-refractivity contribution in [2.24, 2.45) is 45.8 Å². The third-order valence-corrected chi connectivity index (χ3v) is 13.5. The van der Waals surface area contributed by atoms with Crippen LogP contribution < -0.4 is 0 Å². The second kappa shape index (κ2) is 7.27. The quantitative estimate of drug-likeness (QED) is 0.381. The van der Waals surface area contributed by atoms with Crippen molar-refractivity contribution in [1.29, 1.82) is 0 Å². The third kappa shape index (κ3) is 2.62. The van der Waals surface area contributed by atoms with Crippen LogP contribution in [0.15, 0.2) is 11.6 Å². The van der Waals surface area contributed by atoms with Crippen molar-refractivity contribution in [3.8, 4) is 0 Å². The van der Waals surface area contributed by atoms with Gasteiger partial charge in [-0.3, -0.25) is 4.90 Å². The molecule has 5 aliphatic carbocycles. The number of rotatable bonds is 2. The van der Waals surface area contributed by atoms with Crippen LogP contribution in [0.2, 0.25) is 0 Å². The molecule has 2 heterocycles. The van der Waals surface area contributed by atoms with Gasteiger partial charge in [-0.05, 0) is 92.3 Å². The molecular weight excluding hydrogens is 442 g/mol. The van der Waals surface area contributed by atoms with Crippen LogP contribution in [0.5, 0.6) is 0 Å². The minimum Gasteiger partial charge on any atom is -0.393 e. The van der Waals surface area contributed by atoms with Crippen molar-refractivity contribution < 1.29 is 9.84 Å². The molecule has 4 heteroatoms. The first-order valence-electron chi connectivity index (χ1n) is 14.5. The van der Waals surface area contributed by atoms with Crippen LogP contribution in [0, 0.1) is 45.8 Å². The number of likely N-dealkylation sites (tertiary alicyclic amines) is 1. The molecule has 190 valence electrons. The van der Waals surface area contributed by atoms with E-state index in [1.54, 1.807) is 5.57 Å². The molecule has 0 aromatic carbocycles. The number of allylic oxidation sites excluding steroid dienone is 1. The van der Waals surface area contributed by atoms with E-state index in [1.807, 2.05) is 0 Å². The van der Waals surface area contributed by atoms with E-state index in [2.05, 4.69) is 38.7 Å². The maximum atomic E-state index is 10.4. The normalized spacial score (nSPS) is 60.1. The Morgan fingerprint density at radius 1 is 1.18 bits per heavy atom. The van der Waals surface area contributed by atoms with E-state index >= 15 is 0 Å². The van der Waals surface area contributed by atoms with Gasteiger partial charge in [-0.15, -0.1) is 11.6 Å². The highest BCUT2D eigenvalue weighted by molar-refractivity contribution is 6.18. The summed E-state index contributed by atoms with van der Waals surface area (Å²) in [5, 5.41) is 10.4. The van der Waals surface area contributed by atoms with Crippen molar-refractivity contribution in [3.05, 3.63) is 11.6 Å². The molecule has 4 saturated carbocycles. The lowest BCUT2D eigenvalue weighted by Gasteiger charge is -2.50. The van der Waals surface area contributed by atoms with Gasteiger partial charge in [0.1, 0.15) is 0 Å². The smallest absolute Gasteiger partial charge is 0.0787 e. The summed E-state index contributed by atoms with van der Waals surface area (Å²) in [5.74, 6) is 4.57. The van der Waals surface area contributed by atoms with Crippen molar-refractivity contribution >= 4 is 11.6 Å². The van der Waals surface area contributed by atoms with Gasteiger partial charge in [-0.2, -0.15) is 0 Å². The molecule has 6 fully saturated rings. The molecular formula is C30H46ClNO2. The molecule has 3 nitrogen and oxygen atoms in total. The van der Waals surface area contributed by atoms with Crippen molar-refractivity contribution in [2.75, 3.05) is 19.0 Å². The number of nitrogens with zero attached hydrogens (tertiary/aromatic N) is 1. The second-order valence-electron chi connectivity index (χ2n) is 14.4. The predicted molar refractivity (Wildman–Crippen MR) is 137 cm³/mol. The zero-order valence-corrected chi connectivity index (χ0v) is 22.6. The second-order valence-corrected chi connectivity index (χ2v) is 14.8. The van der Waals surface area contributed by atoms with Gasteiger partial charge in [-0.25, -0.2) is 0 Å². The highest BCUT2D eigenvalue weighted by Gasteiger charge is 2.84. The minimum absolute atomic E-state index is 0.0564. The molecule has 0 radical (unpaired) electrons. The van der Waals surface area contributed by atoms with Crippen LogP contribution in [-0.2, 0) is 4.74 Å². The van der Waals surface area contributed by atoms with Crippen LogP contribution in [-0.4, -0.2) is 52.8 Å². The van der Waals surface area contributed by atoms with Gasteiger partial charge in [0.2, 0.25) is 0 Å². The number of aliphatic hydroxyl groups excluding tert-OH is 1. The average molecular weight is 488 g/mol. The summed E-state index contributed by atoms with van der Waals surface area (Å²) in [6.07, 6.45) is 13.9. The molecule has 5 unspecified atom stereocenters. The first-order valence-corrected chi connectivity index (χ1v) is 15.1. The Bertz CT molecular complexity index is 906. The van der Waals surface area contributed by atoms with Gasteiger partial charge in [-0.1, -0.05) is 39.3 Å². The fourth-order valence-electron chi connectivity index (χ4n) is 11.8. The molecule has 0 amide bonds. The lowest BCUT2D eigenvalue weighted by Crippen LogP contribution is -2.54. The SMILES string of the molecule is C[C@H]1CC2O[C@]3(CCC4[C@@H]5CC=C6C[C@@H](O)CC[C@]6(C)C5CC45CC53C)[C@H](C)[C@@H]2N(CCCl)C1. The van der Waals surface area contributed by atoms with E-state index in [9.17, 15) is 5.11 Å². The first kappa shape index (κ1) is 23.1. The van der Waals surface area contributed by atoms with Crippen LogP contribution in [0.25, 0.3) is 0 Å². The Morgan fingerprint density at radius 3 is 2.79 bits per heavy atom. The van der Waals surface area contributed by atoms with Gasteiger partial charge in [0, 0.05) is 36.3 Å². The molecule has 2 aliphatic heterocycles.